The van der Waals surface area contributed by atoms with Crippen LogP contribution in [-0.2, 0) is 4.79 Å². The van der Waals surface area contributed by atoms with Crippen molar-refractivity contribution in [3.63, 3.8) is 0 Å². The molecule has 0 atom stereocenters. The molecule has 26 heavy (non-hydrogen) atoms. The number of Topliss-reactive ketones (excluding diaryl/α,β-unsaturated/α-hetero) is 1. The van der Waals surface area contributed by atoms with E-state index in [1.54, 1.807) is 0 Å². The zero-order valence-electron chi connectivity index (χ0n) is 17.5. The van der Waals surface area contributed by atoms with Gasteiger partial charge >= 0.3 is 0 Å². The van der Waals surface area contributed by atoms with Crippen LogP contribution in [0.25, 0.3) is 0 Å². The SMILES string of the molecule is CCCCC1CCC2(CC1)CC1(CCC(C3CCC(C)CC3)CC1)C2=O. The van der Waals surface area contributed by atoms with Gasteiger partial charge in [-0.25, -0.2) is 0 Å². The Morgan fingerprint density at radius 1 is 0.808 bits per heavy atom. The summed E-state index contributed by atoms with van der Waals surface area (Å²) < 4.78 is 0. The van der Waals surface area contributed by atoms with Crippen LogP contribution in [0.5, 0.6) is 0 Å². The van der Waals surface area contributed by atoms with Gasteiger partial charge in [0.15, 0.2) is 0 Å². The van der Waals surface area contributed by atoms with E-state index in [0.29, 0.717) is 0 Å². The van der Waals surface area contributed by atoms with Crippen LogP contribution in [0.1, 0.15) is 117 Å². The maximum atomic E-state index is 13.4. The van der Waals surface area contributed by atoms with Gasteiger partial charge < -0.3 is 0 Å². The highest BCUT2D eigenvalue weighted by atomic mass is 16.1. The van der Waals surface area contributed by atoms with Crippen LogP contribution in [0.4, 0.5) is 0 Å². The lowest BCUT2D eigenvalue weighted by Crippen LogP contribution is -2.59. The Bertz CT molecular complexity index is 482. The van der Waals surface area contributed by atoms with Gasteiger partial charge in [-0.3, -0.25) is 4.79 Å². The van der Waals surface area contributed by atoms with Crippen LogP contribution in [0.3, 0.4) is 0 Å². The average Bonchev–Trinajstić information content (AvgIpc) is 2.68. The zero-order valence-corrected chi connectivity index (χ0v) is 17.5. The van der Waals surface area contributed by atoms with Gasteiger partial charge in [-0.15, -0.1) is 0 Å². The van der Waals surface area contributed by atoms with Crippen molar-refractivity contribution in [1.82, 2.24) is 0 Å². The van der Waals surface area contributed by atoms with Crippen LogP contribution in [-0.4, -0.2) is 5.78 Å². The molecule has 0 amide bonds. The van der Waals surface area contributed by atoms with Gasteiger partial charge in [-0.2, -0.15) is 0 Å². The topological polar surface area (TPSA) is 17.1 Å². The molecule has 0 aromatic rings. The maximum absolute atomic E-state index is 13.4. The summed E-state index contributed by atoms with van der Waals surface area (Å²) in [5.74, 6) is 4.55. The van der Waals surface area contributed by atoms with Gasteiger partial charge in [0, 0.05) is 10.8 Å². The lowest BCUT2D eigenvalue weighted by atomic mass is 9.43. The summed E-state index contributed by atoms with van der Waals surface area (Å²) in [6, 6.07) is 0. The van der Waals surface area contributed by atoms with Gasteiger partial charge in [0.2, 0.25) is 0 Å². The fourth-order valence-electron chi connectivity index (χ4n) is 7.50. The Balaban J connectivity index is 1.27. The first-order valence-corrected chi connectivity index (χ1v) is 12.1. The molecule has 1 heteroatoms. The van der Waals surface area contributed by atoms with Crippen molar-refractivity contribution in [3.8, 4) is 0 Å². The third kappa shape index (κ3) is 3.42. The molecule has 0 radical (unpaired) electrons. The molecule has 4 rings (SSSR count). The molecule has 4 aliphatic rings. The number of carbonyl (C=O) groups excluding carboxylic acids is 1. The Kier molecular flexibility index (Phi) is 5.55. The highest BCUT2D eigenvalue weighted by Gasteiger charge is 2.63. The largest absolute Gasteiger partial charge is 0.298 e. The molecule has 0 N–H and O–H groups in total. The Morgan fingerprint density at radius 2 is 1.35 bits per heavy atom. The van der Waals surface area contributed by atoms with E-state index in [1.165, 1.54) is 103 Å². The van der Waals surface area contributed by atoms with E-state index >= 15 is 0 Å². The highest BCUT2D eigenvalue weighted by molar-refractivity contribution is 5.96. The van der Waals surface area contributed by atoms with E-state index < -0.39 is 0 Å². The lowest BCUT2D eigenvalue weighted by Gasteiger charge is -2.59. The molecule has 2 spiro atoms. The Morgan fingerprint density at radius 3 is 1.88 bits per heavy atom. The second kappa shape index (κ2) is 7.59. The predicted molar refractivity (Wildman–Crippen MR) is 109 cm³/mol. The number of carbonyl (C=O) groups is 1. The summed E-state index contributed by atoms with van der Waals surface area (Å²) >= 11 is 0. The van der Waals surface area contributed by atoms with E-state index in [9.17, 15) is 4.79 Å². The monoisotopic (exact) mass is 358 g/mol. The molecule has 1 nitrogen and oxygen atoms in total. The maximum Gasteiger partial charge on any atom is 0.145 e. The fraction of sp³-hybridized carbons (Fsp3) is 0.960. The first-order valence-electron chi connectivity index (χ1n) is 12.1. The van der Waals surface area contributed by atoms with Crippen molar-refractivity contribution in [2.75, 3.05) is 0 Å². The van der Waals surface area contributed by atoms with Crippen molar-refractivity contribution in [2.24, 2.45) is 34.5 Å². The van der Waals surface area contributed by atoms with Gasteiger partial charge in [-0.1, -0.05) is 46.0 Å². The highest BCUT2D eigenvalue weighted by Crippen LogP contribution is 2.64. The fourth-order valence-corrected chi connectivity index (χ4v) is 7.50. The van der Waals surface area contributed by atoms with Gasteiger partial charge in [0.25, 0.3) is 0 Å². The molecule has 0 aliphatic heterocycles. The van der Waals surface area contributed by atoms with Crippen LogP contribution in [0.2, 0.25) is 0 Å². The Labute approximate surface area is 162 Å². The molecule has 0 bridgehead atoms. The number of unbranched alkanes of at least 4 members (excludes halogenated alkanes) is 1. The van der Waals surface area contributed by atoms with E-state index in [2.05, 4.69) is 13.8 Å². The van der Waals surface area contributed by atoms with E-state index in [-0.39, 0.29) is 10.8 Å². The minimum absolute atomic E-state index is 0.148. The molecule has 0 saturated heterocycles. The molecule has 4 saturated carbocycles. The van der Waals surface area contributed by atoms with E-state index in [0.717, 1.165) is 29.5 Å². The van der Waals surface area contributed by atoms with Crippen molar-refractivity contribution in [2.45, 2.75) is 117 Å². The molecular formula is C25H42O. The molecule has 0 unspecified atom stereocenters. The molecule has 0 aromatic heterocycles. The van der Waals surface area contributed by atoms with Gasteiger partial charge in [-0.05, 0) is 94.3 Å². The predicted octanol–water partition coefficient (Wildman–Crippen LogP) is 7.33. The molecular weight excluding hydrogens is 316 g/mol. The molecule has 148 valence electrons. The average molecular weight is 359 g/mol. The van der Waals surface area contributed by atoms with Crippen molar-refractivity contribution in [1.29, 1.82) is 0 Å². The van der Waals surface area contributed by atoms with Crippen molar-refractivity contribution >= 4 is 5.78 Å². The lowest BCUT2D eigenvalue weighted by molar-refractivity contribution is -0.169. The quantitative estimate of drug-likeness (QED) is 0.514. The summed E-state index contributed by atoms with van der Waals surface area (Å²) in [6.07, 6.45) is 21.6. The minimum Gasteiger partial charge on any atom is -0.298 e. The number of ketones is 1. The second-order valence-electron chi connectivity index (χ2n) is 11.0. The third-order valence-corrected chi connectivity index (χ3v) is 9.38. The molecule has 0 heterocycles. The summed E-state index contributed by atoms with van der Waals surface area (Å²) in [5.41, 5.74) is 0.296. The van der Waals surface area contributed by atoms with Crippen LogP contribution in [0, 0.1) is 34.5 Å². The number of hydrogen-bond donors (Lipinski definition) is 0. The third-order valence-electron chi connectivity index (χ3n) is 9.38. The smallest absolute Gasteiger partial charge is 0.145 e. The van der Waals surface area contributed by atoms with E-state index in [4.69, 9.17) is 0 Å². The molecule has 0 aromatic carbocycles. The summed E-state index contributed by atoms with van der Waals surface area (Å²) in [4.78, 5) is 13.4. The normalized spacial score (nSPS) is 46.5. The molecule has 4 fully saturated rings. The first kappa shape index (κ1) is 19.0. The Hall–Kier alpha value is -0.330. The number of rotatable bonds is 4. The molecule has 4 aliphatic carbocycles. The minimum atomic E-state index is 0.148. The van der Waals surface area contributed by atoms with Gasteiger partial charge in [0.05, 0.1) is 0 Å². The zero-order chi connectivity index (χ0) is 18.2. The van der Waals surface area contributed by atoms with Crippen LogP contribution in [0.15, 0.2) is 0 Å². The summed E-state index contributed by atoms with van der Waals surface area (Å²) in [6.45, 7) is 4.73. The van der Waals surface area contributed by atoms with Gasteiger partial charge in [0.1, 0.15) is 5.78 Å². The van der Waals surface area contributed by atoms with Crippen LogP contribution < -0.4 is 0 Å². The van der Waals surface area contributed by atoms with E-state index in [1.807, 2.05) is 0 Å². The summed E-state index contributed by atoms with van der Waals surface area (Å²) in [5, 5.41) is 0. The first-order chi connectivity index (χ1) is 12.6. The summed E-state index contributed by atoms with van der Waals surface area (Å²) in [7, 11) is 0. The second-order valence-corrected chi connectivity index (χ2v) is 11.0. The van der Waals surface area contributed by atoms with Crippen molar-refractivity contribution < 1.29 is 4.79 Å². The number of hydrogen-bond acceptors (Lipinski definition) is 1. The van der Waals surface area contributed by atoms with Crippen molar-refractivity contribution in [3.05, 3.63) is 0 Å². The standard InChI is InChI=1S/C25H42O/c1-3-4-5-20-10-14-24(15-11-20)18-25(23(24)26)16-12-22(13-17-25)21-8-6-19(2)7-9-21/h19-22H,3-18H2,1-2H3. The van der Waals surface area contributed by atoms with Crippen LogP contribution >= 0.6 is 0 Å².